The SMILES string of the molecule is C=CCOC(=O)c1cc(C)cc(NC(=O)[C@H]2C[C@@H](NC(=O)OC(C)(C)C)[C@@H](C)C[C@H]2C)c1OCCOCCOCCOC. The molecule has 0 bridgehead atoms. The zero-order valence-corrected chi connectivity index (χ0v) is 26.8. The van der Waals surface area contributed by atoms with E-state index in [0.29, 0.717) is 38.5 Å². The number of esters is 1. The molecule has 2 amide bonds. The van der Waals surface area contributed by atoms with E-state index in [1.165, 1.54) is 6.08 Å². The minimum atomic E-state index is -0.624. The highest BCUT2D eigenvalue weighted by Crippen LogP contribution is 2.37. The van der Waals surface area contributed by atoms with Crippen molar-refractivity contribution in [1.82, 2.24) is 5.32 Å². The molecule has 0 heterocycles. The van der Waals surface area contributed by atoms with Crippen molar-refractivity contribution < 1.29 is 42.8 Å². The number of carbonyl (C=O) groups is 3. The molecule has 0 spiro atoms. The first-order valence-corrected chi connectivity index (χ1v) is 14.9. The second kappa shape index (κ2) is 17.8. The van der Waals surface area contributed by atoms with Crippen LogP contribution in [0.3, 0.4) is 0 Å². The molecule has 2 N–H and O–H groups in total. The van der Waals surface area contributed by atoms with Gasteiger partial charge in [-0.3, -0.25) is 4.79 Å². The molecule has 1 saturated carbocycles. The largest absolute Gasteiger partial charge is 0.488 e. The van der Waals surface area contributed by atoms with Crippen molar-refractivity contribution in [2.45, 2.75) is 66.0 Å². The number of hydrogen-bond donors (Lipinski definition) is 2. The molecule has 0 saturated heterocycles. The summed E-state index contributed by atoms with van der Waals surface area (Å²) < 4.78 is 32.7. The van der Waals surface area contributed by atoms with Gasteiger partial charge in [0.1, 0.15) is 24.4 Å². The average Bonchev–Trinajstić information content (AvgIpc) is 2.91. The van der Waals surface area contributed by atoms with Gasteiger partial charge >= 0.3 is 12.1 Å². The van der Waals surface area contributed by atoms with E-state index in [4.69, 9.17) is 28.4 Å². The summed E-state index contributed by atoms with van der Waals surface area (Å²) in [6.07, 6.45) is 2.18. The highest BCUT2D eigenvalue weighted by molar-refractivity contribution is 6.00. The zero-order valence-electron chi connectivity index (χ0n) is 26.8. The van der Waals surface area contributed by atoms with E-state index < -0.39 is 17.7 Å². The van der Waals surface area contributed by atoms with Gasteiger partial charge in [-0.2, -0.15) is 0 Å². The topological polar surface area (TPSA) is 131 Å². The van der Waals surface area contributed by atoms with Gasteiger partial charge in [0.2, 0.25) is 5.91 Å². The Morgan fingerprint density at radius 1 is 0.977 bits per heavy atom. The van der Waals surface area contributed by atoms with E-state index in [-0.39, 0.29) is 60.8 Å². The highest BCUT2D eigenvalue weighted by Gasteiger charge is 2.38. The van der Waals surface area contributed by atoms with E-state index >= 15 is 0 Å². The van der Waals surface area contributed by atoms with Crippen LogP contribution in [0, 0.1) is 24.7 Å². The molecule has 0 aromatic heterocycles. The summed E-state index contributed by atoms with van der Waals surface area (Å²) in [6, 6.07) is 3.19. The highest BCUT2D eigenvalue weighted by atomic mass is 16.6. The second-order valence-electron chi connectivity index (χ2n) is 11.9. The first-order chi connectivity index (χ1) is 20.4. The molecule has 0 aliphatic heterocycles. The zero-order chi connectivity index (χ0) is 32.0. The van der Waals surface area contributed by atoms with Crippen LogP contribution < -0.4 is 15.4 Å². The lowest BCUT2D eigenvalue weighted by Crippen LogP contribution is -2.49. The summed E-state index contributed by atoms with van der Waals surface area (Å²) in [5, 5.41) is 5.96. The normalized spacial score (nSPS) is 20.2. The van der Waals surface area contributed by atoms with Gasteiger partial charge in [0, 0.05) is 19.1 Å². The summed E-state index contributed by atoms with van der Waals surface area (Å²) >= 11 is 0. The van der Waals surface area contributed by atoms with Crippen LogP contribution in [0.5, 0.6) is 5.75 Å². The van der Waals surface area contributed by atoms with Crippen LogP contribution in [0.1, 0.15) is 63.4 Å². The van der Waals surface area contributed by atoms with Gasteiger partial charge in [0.05, 0.1) is 38.7 Å². The number of nitrogens with one attached hydrogen (secondary N) is 2. The maximum absolute atomic E-state index is 13.7. The third kappa shape index (κ3) is 12.5. The molecule has 0 unspecified atom stereocenters. The molecule has 1 fully saturated rings. The Morgan fingerprint density at radius 2 is 1.63 bits per heavy atom. The Kier molecular flexibility index (Phi) is 15.0. The lowest BCUT2D eigenvalue weighted by Gasteiger charge is -2.38. The van der Waals surface area contributed by atoms with Gasteiger partial charge in [-0.25, -0.2) is 9.59 Å². The van der Waals surface area contributed by atoms with Crippen molar-refractivity contribution in [3.05, 3.63) is 35.9 Å². The molecule has 43 heavy (non-hydrogen) atoms. The monoisotopic (exact) mass is 606 g/mol. The Morgan fingerprint density at radius 3 is 2.26 bits per heavy atom. The Bertz CT molecular complexity index is 1070. The maximum atomic E-state index is 13.7. The van der Waals surface area contributed by atoms with Crippen molar-refractivity contribution in [2.75, 3.05) is 58.7 Å². The van der Waals surface area contributed by atoms with Gasteiger partial charge in [0.25, 0.3) is 0 Å². The van der Waals surface area contributed by atoms with Crippen molar-refractivity contribution >= 4 is 23.7 Å². The van der Waals surface area contributed by atoms with Crippen LogP contribution in [0.25, 0.3) is 0 Å². The number of rotatable bonds is 16. The molecule has 1 aliphatic carbocycles. The Balaban J connectivity index is 2.17. The van der Waals surface area contributed by atoms with Gasteiger partial charge in [0.15, 0.2) is 5.75 Å². The second-order valence-corrected chi connectivity index (χ2v) is 11.9. The van der Waals surface area contributed by atoms with E-state index in [0.717, 1.165) is 12.0 Å². The Hall–Kier alpha value is -3.15. The molecule has 2 rings (SSSR count). The van der Waals surface area contributed by atoms with Gasteiger partial charge < -0.3 is 39.1 Å². The smallest absolute Gasteiger partial charge is 0.407 e. The van der Waals surface area contributed by atoms with E-state index in [1.54, 1.807) is 19.2 Å². The summed E-state index contributed by atoms with van der Waals surface area (Å²) in [4.78, 5) is 39.1. The first-order valence-electron chi connectivity index (χ1n) is 14.9. The molecule has 1 aromatic rings. The van der Waals surface area contributed by atoms with Crippen molar-refractivity contribution in [2.24, 2.45) is 17.8 Å². The summed E-state index contributed by atoms with van der Waals surface area (Å²) in [5.41, 5.74) is 0.671. The third-order valence-electron chi connectivity index (χ3n) is 6.99. The van der Waals surface area contributed by atoms with Crippen molar-refractivity contribution in [3.63, 3.8) is 0 Å². The lowest BCUT2D eigenvalue weighted by atomic mass is 9.72. The quantitative estimate of drug-likeness (QED) is 0.153. The van der Waals surface area contributed by atoms with E-state index in [1.807, 2.05) is 34.6 Å². The molecule has 11 nitrogen and oxygen atoms in total. The van der Waals surface area contributed by atoms with E-state index in [9.17, 15) is 14.4 Å². The number of aryl methyl sites for hydroxylation is 1. The number of hydrogen-bond acceptors (Lipinski definition) is 9. The molecule has 0 radical (unpaired) electrons. The van der Waals surface area contributed by atoms with Crippen molar-refractivity contribution in [1.29, 1.82) is 0 Å². The van der Waals surface area contributed by atoms with Gasteiger partial charge in [-0.1, -0.05) is 26.5 Å². The van der Waals surface area contributed by atoms with Crippen LogP contribution in [0.4, 0.5) is 10.5 Å². The fraction of sp³-hybridized carbons (Fsp3) is 0.656. The number of carbonyl (C=O) groups excluding carboxylic acids is 3. The molecule has 11 heteroatoms. The van der Waals surface area contributed by atoms with Crippen molar-refractivity contribution in [3.8, 4) is 5.75 Å². The van der Waals surface area contributed by atoms with Crippen LogP contribution >= 0.6 is 0 Å². The molecular formula is C32H50N2O9. The third-order valence-corrected chi connectivity index (χ3v) is 6.99. The number of amides is 2. The fourth-order valence-electron chi connectivity index (χ4n) is 4.96. The predicted octanol–water partition coefficient (Wildman–Crippen LogP) is 4.91. The maximum Gasteiger partial charge on any atom is 0.407 e. The van der Waals surface area contributed by atoms with E-state index in [2.05, 4.69) is 24.1 Å². The number of anilines is 1. The standard InChI is InChI=1S/C32H50N2O9/c1-9-10-42-30(36)25-17-21(2)18-27(28(25)41-16-15-40-14-13-39-12-11-38-8)33-29(35)24-20-26(23(4)19-22(24)3)34-31(37)43-32(5,6)7/h9,17-18,22-24,26H,1,10-16,19-20H2,2-8H3,(H,33,35)(H,34,37)/t22-,23+,24+,26-/m1/s1. The van der Waals surface area contributed by atoms with Crippen LogP contribution in [0.15, 0.2) is 24.8 Å². The number of methoxy groups -OCH3 is 1. The first kappa shape index (κ1) is 36.0. The van der Waals surface area contributed by atoms with Crippen LogP contribution in [-0.2, 0) is 28.5 Å². The average molecular weight is 607 g/mol. The molecule has 1 aromatic carbocycles. The summed E-state index contributed by atoms with van der Waals surface area (Å²) in [5.74, 6) is -0.766. The number of alkyl carbamates (subject to hydrolysis) is 1. The van der Waals surface area contributed by atoms with Gasteiger partial charge in [-0.15, -0.1) is 0 Å². The molecule has 4 atom stereocenters. The van der Waals surface area contributed by atoms with Crippen LogP contribution in [-0.4, -0.2) is 83.0 Å². The minimum Gasteiger partial charge on any atom is -0.488 e. The fourth-order valence-corrected chi connectivity index (χ4v) is 4.96. The lowest BCUT2D eigenvalue weighted by molar-refractivity contribution is -0.123. The molecule has 1 aliphatic rings. The number of benzene rings is 1. The minimum absolute atomic E-state index is 0.0316. The predicted molar refractivity (Wildman–Crippen MR) is 164 cm³/mol. The molecule has 242 valence electrons. The number of ether oxygens (including phenoxy) is 6. The Labute approximate surface area is 255 Å². The van der Waals surface area contributed by atoms with Crippen LogP contribution in [0.2, 0.25) is 0 Å². The van der Waals surface area contributed by atoms with Gasteiger partial charge in [-0.05, 0) is 70.1 Å². The summed E-state index contributed by atoms with van der Waals surface area (Å²) in [7, 11) is 1.61. The molecular weight excluding hydrogens is 556 g/mol. The summed E-state index contributed by atoms with van der Waals surface area (Å²) in [6.45, 7) is 17.1.